The van der Waals surface area contributed by atoms with E-state index in [-0.39, 0.29) is 11.9 Å². The molecule has 1 fully saturated rings. The van der Waals surface area contributed by atoms with E-state index in [9.17, 15) is 9.90 Å². The molecule has 2 rings (SSSR count). The first-order chi connectivity index (χ1) is 7.49. The number of hydrogen-bond acceptors (Lipinski definition) is 3. The number of ether oxygens (including phenoxy) is 1. The van der Waals surface area contributed by atoms with Crippen LogP contribution in [0.4, 0.5) is 0 Å². The molecule has 0 bridgehead atoms. The number of esters is 1. The first-order valence-electron chi connectivity index (χ1n) is 5.79. The van der Waals surface area contributed by atoms with Crippen molar-refractivity contribution < 1.29 is 14.6 Å². The van der Waals surface area contributed by atoms with Crippen LogP contribution in [0.25, 0.3) is 0 Å². The summed E-state index contributed by atoms with van der Waals surface area (Å²) in [6, 6.07) is 0. The molecular formula is C13H18O3. The van der Waals surface area contributed by atoms with Crippen LogP contribution in [-0.2, 0) is 9.53 Å². The van der Waals surface area contributed by atoms with Crippen molar-refractivity contribution >= 4 is 5.97 Å². The number of carbonyl (C=O) groups excluding carboxylic acids is 1. The molecule has 0 unspecified atom stereocenters. The first kappa shape index (κ1) is 11.4. The normalized spacial score (nSPS) is 33.6. The van der Waals surface area contributed by atoms with Gasteiger partial charge in [0.2, 0.25) is 0 Å². The Bertz CT molecular complexity index is 363. The SMILES string of the molecule is CC(=O)OC1=C[C@@H]2C(=CC1)CCC[C@@]2(C)O. The lowest BCUT2D eigenvalue weighted by Gasteiger charge is -2.39. The van der Waals surface area contributed by atoms with Crippen LogP contribution < -0.4 is 0 Å². The first-order valence-corrected chi connectivity index (χ1v) is 5.79. The minimum Gasteiger partial charge on any atom is -0.431 e. The quantitative estimate of drug-likeness (QED) is 0.547. The third-order valence-electron chi connectivity index (χ3n) is 3.41. The molecule has 0 aromatic carbocycles. The fourth-order valence-electron chi connectivity index (χ4n) is 2.62. The molecule has 1 saturated carbocycles. The summed E-state index contributed by atoms with van der Waals surface area (Å²) in [5, 5.41) is 10.3. The van der Waals surface area contributed by atoms with Gasteiger partial charge < -0.3 is 9.84 Å². The fraction of sp³-hybridized carbons (Fsp3) is 0.615. The van der Waals surface area contributed by atoms with E-state index in [0.29, 0.717) is 12.2 Å². The Balaban J connectivity index is 2.19. The summed E-state index contributed by atoms with van der Waals surface area (Å²) in [4.78, 5) is 10.9. The van der Waals surface area contributed by atoms with Crippen LogP contribution >= 0.6 is 0 Å². The Morgan fingerprint density at radius 2 is 2.38 bits per heavy atom. The zero-order valence-electron chi connectivity index (χ0n) is 9.82. The Kier molecular flexibility index (Phi) is 2.89. The second kappa shape index (κ2) is 4.06. The molecular weight excluding hydrogens is 204 g/mol. The summed E-state index contributed by atoms with van der Waals surface area (Å²) in [7, 11) is 0. The van der Waals surface area contributed by atoms with Crippen LogP contribution in [-0.4, -0.2) is 16.7 Å². The third kappa shape index (κ3) is 2.19. The summed E-state index contributed by atoms with van der Waals surface area (Å²) in [5.74, 6) is 0.395. The van der Waals surface area contributed by atoms with Gasteiger partial charge in [-0.1, -0.05) is 11.6 Å². The highest BCUT2D eigenvalue weighted by atomic mass is 16.5. The molecule has 3 heteroatoms. The second-order valence-corrected chi connectivity index (χ2v) is 4.90. The lowest BCUT2D eigenvalue weighted by molar-refractivity contribution is -0.137. The molecule has 0 aliphatic heterocycles. The van der Waals surface area contributed by atoms with Crippen molar-refractivity contribution in [3.05, 3.63) is 23.5 Å². The molecule has 88 valence electrons. The topological polar surface area (TPSA) is 46.5 Å². The number of fused-ring (bicyclic) bond motifs is 1. The highest BCUT2D eigenvalue weighted by molar-refractivity contribution is 5.67. The lowest BCUT2D eigenvalue weighted by Crippen LogP contribution is -2.38. The van der Waals surface area contributed by atoms with Crippen molar-refractivity contribution in [3.63, 3.8) is 0 Å². The maximum atomic E-state index is 10.9. The third-order valence-corrected chi connectivity index (χ3v) is 3.41. The molecule has 2 atom stereocenters. The smallest absolute Gasteiger partial charge is 0.307 e. The zero-order chi connectivity index (χ0) is 11.8. The molecule has 0 spiro atoms. The maximum Gasteiger partial charge on any atom is 0.307 e. The van der Waals surface area contributed by atoms with E-state index in [1.54, 1.807) is 0 Å². The van der Waals surface area contributed by atoms with Gasteiger partial charge in [-0.05, 0) is 32.3 Å². The summed E-state index contributed by atoms with van der Waals surface area (Å²) >= 11 is 0. The summed E-state index contributed by atoms with van der Waals surface area (Å²) < 4.78 is 5.10. The molecule has 3 nitrogen and oxygen atoms in total. The molecule has 16 heavy (non-hydrogen) atoms. The van der Waals surface area contributed by atoms with Crippen molar-refractivity contribution in [2.24, 2.45) is 5.92 Å². The van der Waals surface area contributed by atoms with Gasteiger partial charge in [-0.2, -0.15) is 0 Å². The van der Waals surface area contributed by atoms with E-state index in [1.807, 2.05) is 13.0 Å². The molecule has 2 aliphatic carbocycles. The van der Waals surface area contributed by atoms with Crippen molar-refractivity contribution in [1.82, 2.24) is 0 Å². The average molecular weight is 222 g/mol. The van der Waals surface area contributed by atoms with E-state index in [4.69, 9.17) is 4.74 Å². The van der Waals surface area contributed by atoms with Gasteiger partial charge in [0, 0.05) is 19.3 Å². The number of rotatable bonds is 1. The van der Waals surface area contributed by atoms with E-state index < -0.39 is 5.60 Å². The van der Waals surface area contributed by atoms with Crippen LogP contribution in [0.5, 0.6) is 0 Å². The largest absolute Gasteiger partial charge is 0.431 e. The molecule has 0 amide bonds. The Morgan fingerprint density at radius 3 is 3.06 bits per heavy atom. The molecule has 1 N–H and O–H groups in total. The van der Waals surface area contributed by atoms with Gasteiger partial charge in [0.1, 0.15) is 5.76 Å². The minimum absolute atomic E-state index is 0.0179. The van der Waals surface area contributed by atoms with Gasteiger partial charge in [0.05, 0.1) is 5.60 Å². The van der Waals surface area contributed by atoms with Crippen LogP contribution in [0.1, 0.15) is 39.5 Å². The van der Waals surface area contributed by atoms with Crippen molar-refractivity contribution in [2.45, 2.75) is 45.1 Å². The molecule has 0 saturated heterocycles. The lowest BCUT2D eigenvalue weighted by atomic mass is 9.71. The predicted octanol–water partition coefficient (Wildman–Crippen LogP) is 2.31. The van der Waals surface area contributed by atoms with Crippen LogP contribution in [0.15, 0.2) is 23.5 Å². The standard InChI is InChI=1S/C13H18O3/c1-9(14)16-11-6-5-10-4-3-7-13(2,15)12(10)8-11/h5,8,12,15H,3-4,6-7H2,1-2H3/t12-,13-/m1/s1. The number of hydrogen-bond donors (Lipinski definition) is 1. The summed E-state index contributed by atoms with van der Waals surface area (Å²) in [6.07, 6.45) is 7.56. The van der Waals surface area contributed by atoms with Gasteiger partial charge in [-0.15, -0.1) is 0 Å². The monoisotopic (exact) mass is 222 g/mol. The maximum absolute atomic E-state index is 10.9. The van der Waals surface area contributed by atoms with Crippen LogP contribution in [0, 0.1) is 5.92 Å². The van der Waals surface area contributed by atoms with E-state index in [2.05, 4.69) is 6.08 Å². The van der Waals surface area contributed by atoms with Crippen molar-refractivity contribution in [2.75, 3.05) is 0 Å². The number of carbonyl (C=O) groups is 1. The summed E-state index contributed by atoms with van der Waals surface area (Å²) in [6.45, 7) is 3.26. The Hall–Kier alpha value is -1.09. The van der Waals surface area contributed by atoms with E-state index in [0.717, 1.165) is 19.3 Å². The Morgan fingerprint density at radius 1 is 1.62 bits per heavy atom. The molecule has 0 aromatic rings. The van der Waals surface area contributed by atoms with Gasteiger partial charge in [0.25, 0.3) is 0 Å². The molecule has 0 aromatic heterocycles. The van der Waals surface area contributed by atoms with E-state index >= 15 is 0 Å². The minimum atomic E-state index is -0.699. The highest BCUT2D eigenvalue weighted by Gasteiger charge is 2.37. The predicted molar refractivity (Wildman–Crippen MR) is 60.5 cm³/mol. The molecule has 0 radical (unpaired) electrons. The van der Waals surface area contributed by atoms with Gasteiger partial charge >= 0.3 is 5.97 Å². The van der Waals surface area contributed by atoms with Crippen molar-refractivity contribution in [1.29, 1.82) is 0 Å². The molecule has 0 heterocycles. The van der Waals surface area contributed by atoms with Crippen molar-refractivity contribution in [3.8, 4) is 0 Å². The van der Waals surface area contributed by atoms with E-state index in [1.165, 1.54) is 12.5 Å². The summed E-state index contributed by atoms with van der Waals surface area (Å²) in [5.41, 5.74) is 0.586. The number of aliphatic hydroxyl groups is 1. The Labute approximate surface area is 95.8 Å². The molecule has 2 aliphatic rings. The second-order valence-electron chi connectivity index (χ2n) is 4.90. The van der Waals surface area contributed by atoms with Gasteiger partial charge in [0.15, 0.2) is 0 Å². The number of allylic oxidation sites excluding steroid dienone is 1. The highest BCUT2D eigenvalue weighted by Crippen LogP contribution is 2.41. The zero-order valence-corrected chi connectivity index (χ0v) is 9.82. The van der Waals surface area contributed by atoms with Gasteiger partial charge in [-0.25, -0.2) is 0 Å². The average Bonchev–Trinajstić information content (AvgIpc) is 2.18. The van der Waals surface area contributed by atoms with Gasteiger partial charge in [-0.3, -0.25) is 4.79 Å². The fourth-order valence-corrected chi connectivity index (χ4v) is 2.62. The van der Waals surface area contributed by atoms with Crippen LogP contribution in [0.3, 0.4) is 0 Å². The van der Waals surface area contributed by atoms with Crippen LogP contribution in [0.2, 0.25) is 0 Å².